The van der Waals surface area contributed by atoms with E-state index in [-0.39, 0.29) is 17.8 Å². The molecule has 4 aliphatic carbocycles. The zero-order valence-electron chi connectivity index (χ0n) is 18.8. The van der Waals surface area contributed by atoms with Crippen molar-refractivity contribution in [2.24, 2.45) is 11.3 Å². The van der Waals surface area contributed by atoms with Crippen LogP contribution in [0.1, 0.15) is 99.1 Å². The summed E-state index contributed by atoms with van der Waals surface area (Å²) in [7, 11) is 0. The molecule has 0 fully saturated rings. The first-order chi connectivity index (χ1) is 15.0. The Balaban J connectivity index is 1.74. The number of aliphatic hydroxyl groups excluding tert-OH is 2. The fourth-order valence-corrected chi connectivity index (χ4v) is 6.25. The predicted molar refractivity (Wildman–Crippen MR) is 117 cm³/mol. The van der Waals surface area contributed by atoms with Gasteiger partial charge < -0.3 is 10.2 Å². The van der Waals surface area contributed by atoms with E-state index in [2.05, 4.69) is 19.9 Å². The lowest BCUT2D eigenvalue weighted by Gasteiger charge is -2.42. The fraction of sp³-hybridized carbons (Fsp3) is 0.577. The maximum atomic E-state index is 13.4. The van der Waals surface area contributed by atoms with Gasteiger partial charge in [-0.25, -0.2) is 0 Å². The normalized spacial score (nSPS) is 31.2. The Bertz CT molecular complexity index is 1060. The monoisotopic (exact) mass is 445 g/mol. The zero-order valence-corrected chi connectivity index (χ0v) is 18.8. The summed E-state index contributed by atoms with van der Waals surface area (Å²) < 4.78 is 40.2. The van der Waals surface area contributed by atoms with Gasteiger partial charge in [0.05, 0.1) is 23.5 Å². The van der Waals surface area contributed by atoms with Crippen LogP contribution in [0.5, 0.6) is 0 Å². The molecule has 1 aromatic rings. The maximum Gasteiger partial charge on any atom is 0.416 e. The average Bonchev–Trinajstić information content (AvgIpc) is 3.23. The molecule has 0 aromatic carbocycles. The average molecular weight is 446 g/mol. The molecule has 2 N–H and O–H groups in total. The van der Waals surface area contributed by atoms with Crippen molar-refractivity contribution in [3.05, 3.63) is 57.5 Å². The van der Waals surface area contributed by atoms with E-state index < -0.39 is 29.9 Å². The summed E-state index contributed by atoms with van der Waals surface area (Å²) in [4.78, 5) is 4.95. The smallest absolute Gasteiger partial charge is 0.388 e. The molecule has 0 radical (unpaired) electrons. The van der Waals surface area contributed by atoms with Crippen LogP contribution in [-0.4, -0.2) is 21.4 Å². The van der Waals surface area contributed by atoms with E-state index in [1.165, 1.54) is 12.2 Å². The van der Waals surface area contributed by atoms with Crippen molar-refractivity contribution in [1.29, 1.82) is 0 Å². The molecule has 6 heteroatoms. The largest absolute Gasteiger partial charge is 0.416 e. The first-order valence-corrected chi connectivity index (χ1v) is 11.6. The molecule has 1 aromatic heterocycles. The van der Waals surface area contributed by atoms with Crippen molar-refractivity contribution in [1.82, 2.24) is 4.98 Å². The van der Waals surface area contributed by atoms with Gasteiger partial charge in [0.25, 0.3) is 0 Å². The van der Waals surface area contributed by atoms with Crippen LogP contribution in [0.25, 0.3) is 5.57 Å². The Morgan fingerprint density at radius 1 is 1.12 bits per heavy atom. The van der Waals surface area contributed by atoms with Gasteiger partial charge in [0, 0.05) is 28.7 Å². The summed E-state index contributed by atoms with van der Waals surface area (Å²) in [5.41, 5.74) is 4.98. The van der Waals surface area contributed by atoms with Crippen molar-refractivity contribution in [2.45, 2.75) is 83.6 Å². The van der Waals surface area contributed by atoms with Crippen molar-refractivity contribution in [2.75, 3.05) is 0 Å². The third-order valence-electron chi connectivity index (χ3n) is 7.72. The minimum atomic E-state index is -4.40. The van der Waals surface area contributed by atoms with E-state index in [1.54, 1.807) is 0 Å². The van der Waals surface area contributed by atoms with E-state index in [9.17, 15) is 23.4 Å². The third-order valence-corrected chi connectivity index (χ3v) is 7.72. The maximum absolute atomic E-state index is 13.4. The Kier molecular flexibility index (Phi) is 4.99. The number of rotatable bonds is 1. The van der Waals surface area contributed by atoms with Crippen molar-refractivity contribution in [3.8, 4) is 0 Å². The highest BCUT2D eigenvalue weighted by atomic mass is 19.4. The minimum absolute atomic E-state index is 0.121. The van der Waals surface area contributed by atoms with Crippen LogP contribution in [0, 0.1) is 11.3 Å². The van der Waals surface area contributed by atoms with Crippen LogP contribution >= 0.6 is 0 Å². The van der Waals surface area contributed by atoms with Gasteiger partial charge in [0.1, 0.15) is 0 Å². The number of halogens is 3. The van der Waals surface area contributed by atoms with Crippen LogP contribution in [0.4, 0.5) is 13.2 Å². The van der Waals surface area contributed by atoms with Gasteiger partial charge in [-0.3, -0.25) is 4.98 Å². The number of aromatic nitrogens is 1. The highest BCUT2D eigenvalue weighted by molar-refractivity contribution is 5.75. The molecule has 4 unspecified atom stereocenters. The number of hydrogen-bond donors (Lipinski definition) is 2. The summed E-state index contributed by atoms with van der Waals surface area (Å²) >= 11 is 0. The number of fused-ring (bicyclic) bond motifs is 3. The van der Waals surface area contributed by atoms with Gasteiger partial charge in [0.2, 0.25) is 0 Å². The van der Waals surface area contributed by atoms with Gasteiger partial charge in [-0.15, -0.1) is 0 Å². The molecule has 0 bridgehead atoms. The van der Waals surface area contributed by atoms with E-state index in [4.69, 9.17) is 4.98 Å². The molecule has 5 rings (SSSR count). The second kappa shape index (κ2) is 7.29. The molecule has 32 heavy (non-hydrogen) atoms. The highest BCUT2D eigenvalue weighted by Gasteiger charge is 2.45. The number of alkyl halides is 3. The molecule has 0 aliphatic heterocycles. The van der Waals surface area contributed by atoms with Crippen LogP contribution in [-0.2, 0) is 6.42 Å². The van der Waals surface area contributed by atoms with Crippen LogP contribution in [0.3, 0.4) is 0 Å². The Morgan fingerprint density at radius 3 is 2.53 bits per heavy atom. The summed E-state index contributed by atoms with van der Waals surface area (Å²) in [6.07, 6.45) is 2.95. The number of hydrogen-bond acceptors (Lipinski definition) is 3. The molecule has 172 valence electrons. The molecule has 4 atom stereocenters. The topological polar surface area (TPSA) is 53.4 Å². The lowest BCUT2D eigenvalue weighted by Crippen LogP contribution is -2.34. The molecule has 4 aliphatic rings. The second-order valence-corrected chi connectivity index (χ2v) is 10.6. The van der Waals surface area contributed by atoms with Crippen molar-refractivity contribution in [3.63, 3.8) is 0 Å². The predicted octanol–water partition coefficient (Wildman–Crippen LogP) is 6.24. The summed E-state index contributed by atoms with van der Waals surface area (Å²) in [6, 6.07) is 0. The summed E-state index contributed by atoms with van der Waals surface area (Å²) in [5, 5.41) is 22.6. The molecule has 0 saturated heterocycles. The van der Waals surface area contributed by atoms with Gasteiger partial charge in [-0.05, 0) is 55.1 Å². The quantitative estimate of drug-likeness (QED) is 0.538. The van der Waals surface area contributed by atoms with Gasteiger partial charge in [-0.1, -0.05) is 44.6 Å². The number of allylic oxidation sites excluding steroid dienone is 5. The molecule has 0 saturated carbocycles. The summed E-state index contributed by atoms with van der Waals surface area (Å²) in [6.45, 7) is 6.11. The number of nitrogens with zero attached hydrogens (tertiary/aromatic N) is 1. The lowest BCUT2D eigenvalue weighted by atomic mass is 9.66. The molecular formula is C26H30F3NO2. The van der Waals surface area contributed by atoms with Crippen LogP contribution in [0.15, 0.2) is 29.4 Å². The van der Waals surface area contributed by atoms with Gasteiger partial charge in [0.15, 0.2) is 0 Å². The van der Waals surface area contributed by atoms with E-state index in [0.717, 1.165) is 47.2 Å². The van der Waals surface area contributed by atoms with Crippen molar-refractivity contribution >= 4 is 5.57 Å². The van der Waals surface area contributed by atoms with E-state index >= 15 is 0 Å². The van der Waals surface area contributed by atoms with Crippen LogP contribution in [0.2, 0.25) is 0 Å². The Labute approximate surface area is 186 Å². The first kappa shape index (κ1) is 21.9. The second-order valence-electron chi connectivity index (χ2n) is 10.6. The molecule has 1 heterocycles. The van der Waals surface area contributed by atoms with Gasteiger partial charge in [-0.2, -0.15) is 13.2 Å². The molecule has 0 amide bonds. The molecule has 0 spiro atoms. The fourth-order valence-electron chi connectivity index (χ4n) is 6.25. The Morgan fingerprint density at radius 2 is 1.88 bits per heavy atom. The third kappa shape index (κ3) is 3.38. The van der Waals surface area contributed by atoms with Crippen LogP contribution < -0.4 is 0 Å². The highest BCUT2D eigenvalue weighted by Crippen LogP contribution is 2.54. The molecular weight excluding hydrogens is 415 g/mol. The minimum Gasteiger partial charge on any atom is -0.388 e. The van der Waals surface area contributed by atoms with Gasteiger partial charge >= 0.3 is 6.18 Å². The number of pyridine rings is 1. The Hall–Kier alpha value is -1.92. The molecule has 3 nitrogen and oxygen atoms in total. The van der Waals surface area contributed by atoms with E-state index in [1.807, 2.05) is 6.92 Å². The van der Waals surface area contributed by atoms with Crippen molar-refractivity contribution < 1.29 is 23.4 Å². The first-order valence-electron chi connectivity index (χ1n) is 11.6. The standard InChI is InChI=1S/C26H30F3NO2/c1-13-17-10-15(26(27,28)29)8-9-16(17)24(32)22-20(14-6-4-5-7-14)21-18(30-23(13)22)11-25(2,3)12-19(21)31/h6,8,10,13,16,19,24,31-32H,4-5,7,9,11-12H2,1-3H3. The summed E-state index contributed by atoms with van der Waals surface area (Å²) in [5.74, 6) is -0.723. The number of aliphatic hydroxyl groups is 2. The van der Waals surface area contributed by atoms with E-state index in [0.29, 0.717) is 24.1 Å². The lowest BCUT2D eigenvalue weighted by molar-refractivity contribution is -0.0891. The SMILES string of the molecule is CC1C2=CC(C(F)(F)F)=CCC2C(O)c2c1nc1c(c2C2=CCCC2)C(O)CC(C)(C)C1. The zero-order chi connectivity index (χ0) is 23.0.